The first-order valence-electron chi connectivity index (χ1n) is 8.82. The van der Waals surface area contributed by atoms with E-state index in [1.807, 2.05) is 6.33 Å². The van der Waals surface area contributed by atoms with Crippen molar-refractivity contribution in [3.05, 3.63) is 18.7 Å². The first kappa shape index (κ1) is 16.6. The Morgan fingerprint density at radius 2 is 1.96 bits per heavy atom. The molecule has 0 bridgehead atoms. The molecule has 1 unspecified atom stereocenters. The summed E-state index contributed by atoms with van der Waals surface area (Å²) in [6.45, 7) is 7.16. The zero-order chi connectivity index (χ0) is 18.1. The number of nitrogens with two attached hydrogens (primary N) is 1. The summed E-state index contributed by atoms with van der Waals surface area (Å²) in [7, 11) is 0. The number of nitrogens with zero attached hydrogens (tertiary/aromatic N) is 7. The van der Waals surface area contributed by atoms with Gasteiger partial charge in [0.1, 0.15) is 22.7 Å². The quantitative estimate of drug-likeness (QED) is 0.754. The molecule has 1 aliphatic heterocycles. The van der Waals surface area contributed by atoms with E-state index in [0.717, 1.165) is 30.7 Å². The lowest BCUT2D eigenvalue weighted by atomic mass is 10.2. The third-order valence-electron chi connectivity index (χ3n) is 4.68. The van der Waals surface area contributed by atoms with Crippen LogP contribution >= 0.6 is 0 Å². The minimum absolute atomic E-state index is 0.290. The fourth-order valence-corrected chi connectivity index (χ4v) is 2.97. The van der Waals surface area contributed by atoms with Gasteiger partial charge in [-0.25, -0.2) is 19.9 Å². The fraction of sp³-hybridized carbons (Fsp3) is 0.471. The molecule has 1 fully saturated rings. The summed E-state index contributed by atoms with van der Waals surface area (Å²) >= 11 is 0. The second-order valence-corrected chi connectivity index (χ2v) is 6.38. The van der Waals surface area contributed by atoms with Gasteiger partial charge in [-0.05, 0) is 13.3 Å². The van der Waals surface area contributed by atoms with Gasteiger partial charge >= 0.3 is 0 Å². The van der Waals surface area contributed by atoms with Gasteiger partial charge in [0, 0.05) is 19.1 Å². The van der Waals surface area contributed by atoms with Crippen LogP contribution < -0.4 is 10.6 Å². The molecule has 4 rings (SSSR count). The molecule has 3 aromatic rings. The zero-order valence-electron chi connectivity index (χ0n) is 15.0. The van der Waals surface area contributed by atoms with Gasteiger partial charge in [0.15, 0.2) is 5.65 Å². The van der Waals surface area contributed by atoms with Crippen molar-refractivity contribution in [2.24, 2.45) is 0 Å². The van der Waals surface area contributed by atoms with E-state index in [1.54, 1.807) is 6.20 Å². The molecule has 136 valence electrons. The lowest BCUT2D eigenvalue weighted by molar-refractivity contribution is 0.122. The highest BCUT2D eigenvalue weighted by Gasteiger charge is 2.21. The smallest absolute Gasteiger partial charge is 0.228 e. The Labute approximate surface area is 151 Å². The Hall–Kier alpha value is -2.81. The van der Waals surface area contributed by atoms with Crippen LogP contribution in [0.15, 0.2) is 18.7 Å². The number of nitrogen functional groups attached to an aromatic ring is 1. The normalized spacial score (nSPS) is 16.2. The third-order valence-corrected chi connectivity index (χ3v) is 4.68. The molecule has 1 aliphatic rings. The predicted molar refractivity (Wildman–Crippen MR) is 98.8 cm³/mol. The van der Waals surface area contributed by atoms with E-state index in [9.17, 15) is 0 Å². The van der Waals surface area contributed by atoms with E-state index in [4.69, 9.17) is 20.4 Å². The first-order chi connectivity index (χ1) is 12.7. The minimum atomic E-state index is 0.290. The van der Waals surface area contributed by atoms with Crippen LogP contribution in [0.2, 0.25) is 0 Å². The van der Waals surface area contributed by atoms with Gasteiger partial charge < -0.3 is 19.9 Å². The number of morpholine rings is 1. The van der Waals surface area contributed by atoms with Crippen molar-refractivity contribution >= 4 is 22.9 Å². The van der Waals surface area contributed by atoms with Gasteiger partial charge in [-0.3, -0.25) is 0 Å². The number of anilines is 2. The molecule has 1 saturated heterocycles. The van der Waals surface area contributed by atoms with Crippen molar-refractivity contribution in [1.82, 2.24) is 29.5 Å². The maximum atomic E-state index is 5.68. The number of imidazole rings is 1. The zero-order valence-corrected chi connectivity index (χ0v) is 15.0. The van der Waals surface area contributed by atoms with Crippen molar-refractivity contribution in [3.8, 4) is 11.4 Å². The van der Waals surface area contributed by atoms with Crippen LogP contribution in [0.25, 0.3) is 22.6 Å². The minimum Gasteiger partial charge on any atom is -0.382 e. The second kappa shape index (κ2) is 6.83. The van der Waals surface area contributed by atoms with Crippen molar-refractivity contribution in [3.63, 3.8) is 0 Å². The number of hydrogen-bond acceptors (Lipinski definition) is 8. The van der Waals surface area contributed by atoms with Gasteiger partial charge in [-0.15, -0.1) is 0 Å². The molecule has 9 nitrogen and oxygen atoms in total. The molecule has 3 aromatic heterocycles. The van der Waals surface area contributed by atoms with Crippen LogP contribution in [0.4, 0.5) is 11.8 Å². The maximum Gasteiger partial charge on any atom is 0.228 e. The number of hydrogen-bond donors (Lipinski definition) is 1. The molecule has 0 amide bonds. The van der Waals surface area contributed by atoms with Crippen LogP contribution in [0.5, 0.6) is 0 Å². The van der Waals surface area contributed by atoms with Crippen molar-refractivity contribution in [2.45, 2.75) is 26.3 Å². The summed E-state index contributed by atoms with van der Waals surface area (Å²) < 4.78 is 7.54. The largest absolute Gasteiger partial charge is 0.382 e. The number of ether oxygens (including phenoxy) is 1. The van der Waals surface area contributed by atoms with Gasteiger partial charge in [-0.2, -0.15) is 4.98 Å². The number of aromatic nitrogens is 6. The summed E-state index contributed by atoms with van der Waals surface area (Å²) in [5.74, 6) is 1.04. The SMILES string of the molecule is CCC(C)n1cnc2c(-c3cnc(N)cn3)nc(N3CCOCC3)nc21. The van der Waals surface area contributed by atoms with Crippen molar-refractivity contribution < 1.29 is 4.74 Å². The lowest BCUT2D eigenvalue weighted by Crippen LogP contribution is -2.37. The Kier molecular flexibility index (Phi) is 4.37. The fourth-order valence-electron chi connectivity index (χ4n) is 2.97. The molecule has 0 aromatic carbocycles. The predicted octanol–water partition coefficient (Wildman–Crippen LogP) is 1.67. The third kappa shape index (κ3) is 2.94. The average Bonchev–Trinajstić information content (AvgIpc) is 3.12. The molecule has 26 heavy (non-hydrogen) atoms. The molecule has 0 saturated carbocycles. The maximum absolute atomic E-state index is 5.68. The van der Waals surface area contributed by atoms with E-state index in [-0.39, 0.29) is 6.04 Å². The Balaban J connectivity index is 1.90. The number of rotatable bonds is 4. The van der Waals surface area contributed by atoms with Gasteiger partial charge in [-0.1, -0.05) is 6.92 Å². The number of fused-ring (bicyclic) bond motifs is 1. The van der Waals surface area contributed by atoms with Crippen LogP contribution in [0.3, 0.4) is 0 Å². The molecule has 9 heteroatoms. The monoisotopic (exact) mass is 354 g/mol. The first-order valence-corrected chi connectivity index (χ1v) is 8.82. The summed E-state index contributed by atoms with van der Waals surface area (Å²) in [5, 5.41) is 0. The average molecular weight is 354 g/mol. The standard InChI is InChI=1S/C17H22N8O/c1-3-11(2)25-10-21-15-14(12-8-20-13(18)9-19-12)22-17(23-16(15)25)24-4-6-26-7-5-24/h8-11H,3-7H2,1-2H3,(H2,18,20). The molecule has 1 atom stereocenters. The summed E-state index contributed by atoms with van der Waals surface area (Å²) in [4.78, 5) is 24.8. The summed E-state index contributed by atoms with van der Waals surface area (Å²) in [6, 6.07) is 0.290. The summed E-state index contributed by atoms with van der Waals surface area (Å²) in [5.41, 5.74) is 8.52. The van der Waals surface area contributed by atoms with E-state index in [1.165, 1.54) is 6.20 Å². The van der Waals surface area contributed by atoms with E-state index < -0.39 is 0 Å². The van der Waals surface area contributed by atoms with Crippen LogP contribution in [0, 0.1) is 0 Å². The molecule has 0 radical (unpaired) electrons. The van der Waals surface area contributed by atoms with E-state index >= 15 is 0 Å². The molecule has 0 aliphatic carbocycles. The van der Waals surface area contributed by atoms with Gasteiger partial charge in [0.2, 0.25) is 5.95 Å². The second-order valence-electron chi connectivity index (χ2n) is 6.38. The van der Waals surface area contributed by atoms with Crippen molar-refractivity contribution in [2.75, 3.05) is 36.9 Å². The highest BCUT2D eigenvalue weighted by atomic mass is 16.5. The highest BCUT2D eigenvalue weighted by Crippen LogP contribution is 2.28. The van der Waals surface area contributed by atoms with Gasteiger partial charge in [0.05, 0.1) is 31.9 Å². The molecule has 0 spiro atoms. The highest BCUT2D eigenvalue weighted by molar-refractivity contribution is 5.87. The van der Waals surface area contributed by atoms with Crippen LogP contribution in [-0.2, 0) is 4.74 Å². The van der Waals surface area contributed by atoms with Crippen LogP contribution in [0.1, 0.15) is 26.3 Å². The lowest BCUT2D eigenvalue weighted by Gasteiger charge is -2.27. The summed E-state index contributed by atoms with van der Waals surface area (Å²) in [6.07, 6.45) is 5.97. The van der Waals surface area contributed by atoms with Crippen LogP contribution in [-0.4, -0.2) is 55.8 Å². The molecule has 2 N–H and O–H groups in total. The Bertz CT molecular complexity index is 901. The Morgan fingerprint density at radius 3 is 2.65 bits per heavy atom. The molecular formula is C17H22N8O. The van der Waals surface area contributed by atoms with E-state index in [2.05, 4.69) is 38.3 Å². The molecular weight excluding hydrogens is 332 g/mol. The molecule has 4 heterocycles. The van der Waals surface area contributed by atoms with Crippen molar-refractivity contribution in [1.29, 1.82) is 0 Å². The van der Waals surface area contributed by atoms with Gasteiger partial charge in [0.25, 0.3) is 0 Å². The topological polar surface area (TPSA) is 108 Å². The van der Waals surface area contributed by atoms with E-state index in [0.29, 0.717) is 36.4 Å². The Morgan fingerprint density at radius 1 is 1.15 bits per heavy atom.